The Morgan fingerprint density at radius 3 is 2.41 bits per heavy atom. The van der Waals surface area contributed by atoms with E-state index in [-0.39, 0.29) is 0 Å². The van der Waals surface area contributed by atoms with E-state index in [1.54, 1.807) is 7.11 Å². The molecule has 3 nitrogen and oxygen atoms in total. The molecule has 0 aliphatic heterocycles. The molecule has 0 aliphatic rings. The number of anilines is 2. The molecule has 2 aromatic carbocycles. The number of rotatable bonds is 5. The lowest BCUT2D eigenvalue weighted by molar-refractivity contribution is 0.415. The predicted octanol–water partition coefficient (Wildman–Crippen LogP) is 5.02. The van der Waals surface area contributed by atoms with E-state index in [1.807, 2.05) is 24.3 Å². The second-order valence-corrected chi connectivity index (χ2v) is 5.65. The number of ether oxygens (including phenoxy) is 1. The van der Waals surface area contributed by atoms with Crippen LogP contribution in [0.4, 0.5) is 11.4 Å². The summed E-state index contributed by atoms with van der Waals surface area (Å²) >= 11 is 5.34. The Kier molecular flexibility index (Phi) is 5.78. The number of hydrogen-bond donors (Lipinski definition) is 2. The van der Waals surface area contributed by atoms with E-state index in [2.05, 4.69) is 48.7 Å². The first kappa shape index (κ1) is 16.3. The zero-order chi connectivity index (χ0) is 15.9. The lowest BCUT2D eigenvalue weighted by atomic mass is 9.99. The summed E-state index contributed by atoms with van der Waals surface area (Å²) in [5.41, 5.74) is 3.22. The summed E-state index contributed by atoms with van der Waals surface area (Å²) in [4.78, 5) is 0. The zero-order valence-corrected chi connectivity index (χ0v) is 14.0. The molecule has 0 fully saturated rings. The first-order valence-corrected chi connectivity index (χ1v) is 7.85. The highest BCUT2D eigenvalue weighted by atomic mass is 32.1. The summed E-state index contributed by atoms with van der Waals surface area (Å²) in [5, 5.41) is 6.91. The second kappa shape index (κ2) is 7.80. The summed E-state index contributed by atoms with van der Waals surface area (Å²) in [6.45, 7) is 4.43. The van der Waals surface area contributed by atoms with Crippen LogP contribution in [-0.4, -0.2) is 12.2 Å². The summed E-state index contributed by atoms with van der Waals surface area (Å²) in [6.07, 6.45) is 1.14. The fourth-order valence-electron chi connectivity index (χ4n) is 2.12. The summed E-state index contributed by atoms with van der Waals surface area (Å²) in [6, 6.07) is 16.1. The molecule has 2 aromatic rings. The molecule has 0 radical (unpaired) electrons. The minimum Gasteiger partial charge on any atom is -0.497 e. The van der Waals surface area contributed by atoms with Crippen LogP contribution in [-0.2, 0) is 0 Å². The molecule has 4 heteroatoms. The molecule has 116 valence electrons. The third-order valence-electron chi connectivity index (χ3n) is 3.68. The van der Waals surface area contributed by atoms with Crippen molar-refractivity contribution < 1.29 is 4.74 Å². The molecule has 1 unspecified atom stereocenters. The molecule has 0 aromatic heterocycles. The van der Waals surface area contributed by atoms with E-state index in [4.69, 9.17) is 17.0 Å². The van der Waals surface area contributed by atoms with E-state index in [1.165, 1.54) is 5.56 Å². The molecule has 0 amide bonds. The molecular weight excluding hydrogens is 292 g/mol. The topological polar surface area (TPSA) is 33.3 Å². The predicted molar refractivity (Wildman–Crippen MR) is 98.0 cm³/mol. The van der Waals surface area contributed by atoms with Crippen LogP contribution in [0.3, 0.4) is 0 Å². The van der Waals surface area contributed by atoms with E-state index in [0.29, 0.717) is 11.0 Å². The van der Waals surface area contributed by atoms with Crippen LogP contribution in [0.5, 0.6) is 5.75 Å². The standard InChI is InChI=1S/C18H22N2OS/c1-4-13(2)14-8-10-15(11-9-14)19-18(22)20-16-6-5-7-17(12-16)21-3/h5-13H,4H2,1-3H3,(H2,19,20,22). The smallest absolute Gasteiger partial charge is 0.175 e. The van der Waals surface area contributed by atoms with Crippen LogP contribution in [0.2, 0.25) is 0 Å². The van der Waals surface area contributed by atoms with Crippen molar-refractivity contribution in [3.63, 3.8) is 0 Å². The molecule has 0 spiro atoms. The average Bonchev–Trinajstić information content (AvgIpc) is 2.55. The van der Waals surface area contributed by atoms with Gasteiger partial charge in [0.15, 0.2) is 5.11 Å². The van der Waals surface area contributed by atoms with Gasteiger partial charge >= 0.3 is 0 Å². The van der Waals surface area contributed by atoms with Crippen molar-refractivity contribution in [2.75, 3.05) is 17.7 Å². The Morgan fingerprint density at radius 1 is 1.09 bits per heavy atom. The van der Waals surface area contributed by atoms with Gasteiger partial charge in [-0.15, -0.1) is 0 Å². The lowest BCUT2D eigenvalue weighted by Gasteiger charge is -2.13. The van der Waals surface area contributed by atoms with Crippen LogP contribution in [0.1, 0.15) is 31.7 Å². The van der Waals surface area contributed by atoms with E-state index >= 15 is 0 Å². The van der Waals surface area contributed by atoms with Gasteiger partial charge in [-0.1, -0.05) is 32.0 Å². The quantitative estimate of drug-likeness (QED) is 0.759. The highest BCUT2D eigenvalue weighted by Crippen LogP contribution is 2.21. The molecule has 0 bridgehead atoms. The average molecular weight is 314 g/mol. The summed E-state index contributed by atoms with van der Waals surface area (Å²) in [5.74, 6) is 1.38. The summed E-state index contributed by atoms with van der Waals surface area (Å²) < 4.78 is 5.20. The van der Waals surface area contributed by atoms with Gasteiger partial charge in [0.25, 0.3) is 0 Å². The Hall–Kier alpha value is -2.07. The lowest BCUT2D eigenvalue weighted by Crippen LogP contribution is -2.19. The largest absolute Gasteiger partial charge is 0.497 e. The van der Waals surface area contributed by atoms with Gasteiger partial charge in [0, 0.05) is 17.4 Å². The number of benzene rings is 2. The van der Waals surface area contributed by atoms with Gasteiger partial charge < -0.3 is 15.4 Å². The van der Waals surface area contributed by atoms with Crippen LogP contribution in [0, 0.1) is 0 Å². The third-order valence-corrected chi connectivity index (χ3v) is 3.88. The molecule has 0 aliphatic carbocycles. The zero-order valence-electron chi connectivity index (χ0n) is 13.2. The molecule has 0 saturated heterocycles. The van der Waals surface area contributed by atoms with Gasteiger partial charge in [0.2, 0.25) is 0 Å². The van der Waals surface area contributed by atoms with Gasteiger partial charge in [-0.2, -0.15) is 0 Å². The molecular formula is C18H22N2OS. The first-order valence-electron chi connectivity index (χ1n) is 7.44. The van der Waals surface area contributed by atoms with Gasteiger partial charge in [0.1, 0.15) is 5.75 Å². The SMILES string of the molecule is CCC(C)c1ccc(NC(=S)Nc2cccc(OC)c2)cc1. The van der Waals surface area contributed by atoms with Crippen molar-refractivity contribution in [1.82, 2.24) is 0 Å². The molecule has 2 N–H and O–H groups in total. The van der Waals surface area contributed by atoms with Gasteiger partial charge in [-0.05, 0) is 54.4 Å². The van der Waals surface area contributed by atoms with Crippen molar-refractivity contribution >= 4 is 28.7 Å². The maximum Gasteiger partial charge on any atom is 0.175 e. The Labute approximate surface area is 137 Å². The first-order chi connectivity index (χ1) is 10.6. The number of hydrogen-bond acceptors (Lipinski definition) is 2. The van der Waals surface area contributed by atoms with E-state index in [9.17, 15) is 0 Å². The molecule has 0 saturated carbocycles. The van der Waals surface area contributed by atoms with E-state index < -0.39 is 0 Å². The van der Waals surface area contributed by atoms with Crippen molar-refractivity contribution in [3.8, 4) is 5.75 Å². The molecule has 0 heterocycles. The number of nitrogens with one attached hydrogen (secondary N) is 2. The van der Waals surface area contributed by atoms with Crippen molar-refractivity contribution in [1.29, 1.82) is 0 Å². The van der Waals surface area contributed by atoms with E-state index in [0.717, 1.165) is 23.5 Å². The Balaban J connectivity index is 1.96. The van der Waals surface area contributed by atoms with Crippen LogP contribution in [0.25, 0.3) is 0 Å². The number of methoxy groups -OCH3 is 1. The highest BCUT2D eigenvalue weighted by molar-refractivity contribution is 7.80. The minimum absolute atomic E-state index is 0.560. The third kappa shape index (κ3) is 4.46. The van der Waals surface area contributed by atoms with Gasteiger partial charge in [-0.25, -0.2) is 0 Å². The second-order valence-electron chi connectivity index (χ2n) is 5.24. The summed E-state index contributed by atoms with van der Waals surface area (Å²) in [7, 11) is 1.65. The molecule has 1 atom stereocenters. The monoisotopic (exact) mass is 314 g/mol. The molecule has 22 heavy (non-hydrogen) atoms. The Bertz CT molecular complexity index is 625. The normalized spacial score (nSPS) is 11.6. The van der Waals surface area contributed by atoms with Gasteiger partial charge in [-0.3, -0.25) is 0 Å². The minimum atomic E-state index is 0.560. The van der Waals surface area contributed by atoms with Crippen molar-refractivity contribution in [2.45, 2.75) is 26.2 Å². The van der Waals surface area contributed by atoms with Crippen LogP contribution >= 0.6 is 12.2 Å². The van der Waals surface area contributed by atoms with Crippen LogP contribution < -0.4 is 15.4 Å². The molecule has 2 rings (SSSR count). The fraction of sp³-hybridized carbons (Fsp3) is 0.278. The van der Waals surface area contributed by atoms with Crippen LogP contribution in [0.15, 0.2) is 48.5 Å². The fourth-order valence-corrected chi connectivity index (χ4v) is 2.36. The maximum atomic E-state index is 5.34. The maximum absolute atomic E-state index is 5.34. The van der Waals surface area contributed by atoms with Gasteiger partial charge in [0.05, 0.1) is 7.11 Å². The van der Waals surface area contributed by atoms with Crippen molar-refractivity contribution in [3.05, 3.63) is 54.1 Å². The Morgan fingerprint density at radius 2 is 1.77 bits per heavy atom. The van der Waals surface area contributed by atoms with Crippen molar-refractivity contribution in [2.24, 2.45) is 0 Å². The number of thiocarbonyl (C=S) groups is 1. The highest BCUT2D eigenvalue weighted by Gasteiger charge is 2.04.